The summed E-state index contributed by atoms with van der Waals surface area (Å²) in [6, 6.07) is 15.6. The lowest BCUT2D eigenvalue weighted by Crippen LogP contribution is -2.35. The number of benzene rings is 2. The Bertz CT molecular complexity index is 2050. The molecule has 2 aromatic carbocycles. The molecule has 5 aromatic rings. The third kappa shape index (κ3) is 7.16. The van der Waals surface area contributed by atoms with E-state index in [1.54, 1.807) is 24.6 Å². The van der Waals surface area contributed by atoms with Gasteiger partial charge in [0.2, 0.25) is 5.88 Å². The van der Waals surface area contributed by atoms with Crippen LogP contribution in [0.5, 0.6) is 5.88 Å². The molecule has 2 saturated heterocycles. The summed E-state index contributed by atoms with van der Waals surface area (Å²) >= 11 is 15.8. The van der Waals surface area contributed by atoms with Gasteiger partial charge in [-0.25, -0.2) is 15.0 Å². The molecule has 1 atom stereocenters. The van der Waals surface area contributed by atoms with Crippen molar-refractivity contribution in [3.8, 4) is 28.3 Å². The summed E-state index contributed by atoms with van der Waals surface area (Å²) in [5.41, 5.74) is 6.44. The zero-order valence-electron chi connectivity index (χ0n) is 27.8. The summed E-state index contributed by atoms with van der Waals surface area (Å²) in [6.07, 6.45) is 3.53. The fourth-order valence-corrected chi connectivity index (χ4v) is 8.45. The Morgan fingerprint density at radius 1 is 0.980 bits per heavy atom. The van der Waals surface area contributed by atoms with Crippen LogP contribution in [0, 0.1) is 12.8 Å². The molecule has 13 heteroatoms. The number of thiazole rings is 1. The molecule has 3 aromatic heterocycles. The van der Waals surface area contributed by atoms with E-state index in [2.05, 4.69) is 20.1 Å². The number of nitrogens with zero attached hydrogens (tertiary/aromatic N) is 5. The van der Waals surface area contributed by atoms with Crippen molar-refractivity contribution in [1.82, 2.24) is 24.8 Å². The number of piperidine rings is 1. The maximum Gasteiger partial charge on any atom is 0.306 e. The number of aliphatic hydroxyl groups is 1. The second-order valence-corrected chi connectivity index (χ2v) is 14.8. The SMILES string of the molecule is COc1nc(-c2cccc(-c3cccc(Nc4nccc5sc(CN6CCC(C(=O)O)CC6)nc45)c3Cl)c2Cl)cc(C)c1CN1CCC(O)C1. The van der Waals surface area contributed by atoms with Crippen molar-refractivity contribution in [2.24, 2.45) is 5.92 Å². The van der Waals surface area contributed by atoms with E-state index in [0.29, 0.717) is 65.6 Å². The van der Waals surface area contributed by atoms with Gasteiger partial charge in [-0.1, -0.05) is 53.5 Å². The van der Waals surface area contributed by atoms with Crippen molar-refractivity contribution < 1.29 is 19.7 Å². The summed E-state index contributed by atoms with van der Waals surface area (Å²) in [5.74, 6) is 0.167. The van der Waals surface area contributed by atoms with E-state index in [9.17, 15) is 15.0 Å². The molecular formula is C37H38Cl2N6O4S. The maximum absolute atomic E-state index is 11.4. The second-order valence-electron chi connectivity index (χ2n) is 13.0. The smallest absolute Gasteiger partial charge is 0.306 e. The molecule has 2 aliphatic heterocycles. The number of β-amino-alcohol motifs (C(OH)–C–C–N with tert-alkyl or cyclic N) is 1. The highest BCUT2D eigenvalue weighted by Gasteiger charge is 2.26. The van der Waals surface area contributed by atoms with Crippen LogP contribution >= 0.6 is 34.5 Å². The standard InChI is InChI=1S/C37H38Cl2N6O4S/c1-21-17-29(42-36(49-2)27(21)19-45-16-12-23(46)18-45)26-7-3-5-24(32(26)38)25-6-4-8-28(33(25)39)41-35-34-30(9-13-40-35)50-31(43-34)20-44-14-10-22(11-15-44)37(47)48/h3-9,13,17,22-23,46H,10-12,14-16,18-20H2,1-2H3,(H,40,41)(H,47,48). The fraction of sp³-hybridized carbons (Fsp3) is 0.351. The Hall–Kier alpha value is -3.84. The first-order valence-electron chi connectivity index (χ1n) is 16.7. The number of carbonyl (C=O) groups is 1. The molecule has 50 heavy (non-hydrogen) atoms. The highest BCUT2D eigenvalue weighted by Crippen LogP contribution is 2.43. The number of fused-ring (bicyclic) bond motifs is 1. The molecule has 0 bridgehead atoms. The second kappa shape index (κ2) is 14.8. The number of likely N-dealkylation sites (tertiary alicyclic amines) is 2. The number of halogens is 2. The van der Waals surface area contributed by atoms with Crippen molar-refractivity contribution in [3.63, 3.8) is 0 Å². The minimum absolute atomic E-state index is 0.267. The van der Waals surface area contributed by atoms with Crippen LogP contribution in [-0.2, 0) is 17.9 Å². The number of carboxylic acid groups (broad SMARTS) is 1. The number of aliphatic hydroxyl groups excluding tert-OH is 1. The Morgan fingerprint density at radius 2 is 1.70 bits per heavy atom. The summed E-state index contributed by atoms with van der Waals surface area (Å²) in [5, 5.41) is 24.7. The number of methoxy groups -OCH3 is 1. The number of ether oxygens (including phenoxy) is 1. The van der Waals surface area contributed by atoms with Gasteiger partial charge in [-0.3, -0.25) is 14.6 Å². The van der Waals surface area contributed by atoms with Gasteiger partial charge in [-0.05, 0) is 63.0 Å². The van der Waals surface area contributed by atoms with E-state index in [4.69, 9.17) is 37.9 Å². The molecule has 7 rings (SSSR count). The van der Waals surface area contributed by atoms with Gasteiger partial charge in [0.05, 0.1) is 51.8 Å². The molecule has 0 spiro atoms. The Balaban J connectivity index is 1.14. The molecule has 2 aliphatic rings. The van der Waals surface area contributed by atoms with Crippen LogP contribution in [0.2, 0.25) is 10.0 Å². The van der Waals surface area contributed by atoms with Gasteiger partial charge in [0.1, 0.15) is 10.5 Å². The third-order valence-corrected chi connectivity index (χ3v) is 11.4. The van der Waals surface area contributed by atoms with E-state index < -0.39 is 5.97 Å². The molecule has 0 aliphatic carbocycles. The number of pyridine rings is 2. The van der Waals surface area contributed by atoms with Crippen molar-refractivity contribution >= 4 is 62.2 Å². The van der Waals surface area contributed by atoms with Crippen molar-refractivity contribution in [3.05, 3.63) is 80.9 Å². The lowest BCUT2D eigenvalue weighted by Gasteiger charge is -2.29. The largest absolute Gasteiger partial charge is 0.481 e. The minimum Gasteiger partial charge on any atom is -0.481 e. The van der Waals surface area contributed by atoms with Crippen molar-refractivity contribution in [2.45, 2.75) is 45.4 Å². The first-order chi connectivity index (χ1) is 24.2. The van der Waals surface area contributed by atoms with Gasteiger partial charge in [0, 0.05) is 48.1 Å². The van der Waals surface area contributed by atoms with Crippen LogP contribution in [-0.4, -0.2) is 80.3 Å². The van der Waals surface area contributed by atoms with Gasteiger partial charge >= 0.3 is 5.97 Å². The Labute approximate surface area is 304 Å². The maximum atomic E-state index is 11.4. The zero-order valence-corrected chi connectivity index (χ0v) is 30.2. The average molecular weight is 734 g/mol. The summed E-state index contributed by atoms with van der Waals surface area (Å²) < 4.78 is 6.75. The molecule has 0 radical (unpaired) electrons. The molecule has 260 valence electrons. The van der Waals surface area contributed by atoms with E-state index in [0.717, 1.165) is 69.1 Å². The van der Waals surface area contributed by atoms with Gasteiger partial charge < -0.3 is 20.3 Å². The molecule has 3 N–H and O–H groups in total. The molecular weight excluding hydrogens is 695 g/mol. The highest BCUT2D eigenvalue weighted by atomic mass is 35.5. The molecule has 0 amide bonds. The predicted molar refractivity (Wildman–Crippen MR) is 199 cm³/mol. The lowest BCUT2D eigenvalue weighted by molar-refractivity contribution is -0.143. The Morgan fingerprint density at radius 3 is 2.42 bits per heavy atom. The van der Waals surface area contributed by atoms with E-state index in [1.807, 2.05) is 55.5 Å². The molecule has 1 unspecified atom stereocenters. The molecule has 0 saturated carbocycles. The van der Waals surface area contributed by atoms with Crippen LogP contribution in [0.25, 0.3) is 32.6 Å². The monoisotopic (exact) mass is 732 g/mol. The fourth-order valence-electron chi connectivity index (χ4n) is 6.84. The molecule has 5 heterocycles. The van der Waals surface area contributed by atoms with E-state index in [-0.39, 0.29) is 12.0 Å². The minimum atomic E-state index is -0.710. The zero-order chi connectivity index (χ0) is 34.9. The number of nitrogens with one attached hydrogen (secondary N) is 1. The van der Waals surface area contributed by atoms with Crippen LogP contribution in [0.3, 0.4) is 0 Å². The highest BCUT2D eigenvalue weighted by molar-refractivity contribution is 7.18. The normalized spacial score (nSPS) is 17.4. The van der Waals surface area contributed by atoms with E-state index in [1.165, 1.54) is 0 Å². The summed E-state index contributed by atoms with van der Waals surface area (Å²) in [4.78, 5) is 30.2. The number of carboxylic acids is 1. The number of anilines is 2. The third-order valence-electron chi connectivity index (χ3n) is 9.60. The van der Waals surface area contributed by atoms with Gasteiger partial charge in [0.25, 0.3) is 0 Å². The molecule has 10 nitrogen and oxygen atoms in total. The number of hydrogen-bond acceptors (Lipinski definition) is 10. The quantitative estimate of drug-likeness (QED) is 0.132. The van der Waals surface area contributed by atoms with Gasteiger partial charge in [-0.15, -0.1) is 11.3 Å². The van der Waals surface area contributed by atoms with Crippen LogP contribution < -0.4 is 10.1 Å². The number of aryl methyl sites for hydroxylation is 1. The average Bonchev–Trinajstić information content (AvgIpc) is 3.72. The van der Waals surface area contributed by atoms with Crippen LogP contribution in [0.15, 0.2) is 54.7 Å². The van der Waals surface area contributed by atoms with Gasteiger partial charge in [0.15, 0.2) is 5.82 Å². The Kier molecular flexibility index (Phi) is 10.2. The van der Waals surface area contributed by atoms with Crippen molar-refractivity contribution in [1.29, 1.82) is 0 Å². The summed E-state index contributed by atoms with van der Waals surface area (Å²) in [6.45, 7) is 6.31. The number of aromatic nitrogens is 3. The van der Waals surface area contributed by atoms with E-state index >= 15 is 0 Å². The lowest BCUT2D eigenvalue weighted by atomic mass is 9.97. The number of aliphatic carboxylic acids is 1. The van der Waals surface area contributed by atoms with Crippen LogP contribution in [0.1, 0.15) is 35.4 Å². The first kappa shape index (κ1) is 34.6. The predicted octanol–water partition coefficient (Wildman–Crippen LogP) is 7.65. The molecule has 2 fully saturated rings. The number of rotatable bonds is 10. The van der Waals surface area contributed by atoms with Gasteiger partial charge in [-0.2, -0.15) is 0 Å². The van der Waals surface area contributed by atoms with Crippen molar-refractivity contribution in [2.75, 3.05) is 38.6 Å². The summed E-state index contributed by atoms with van der Waals surface area (Å²) in [7, 11) is 1.62. The topological polar surface area (TPSA) is 124 Å². The first-order valence-corrected chi connectivity index (χ1v) is 18.2. The van der Waals surface area contributed by atoms with Crippen LogP contribution in [0.4, 0.5) is 11.5 Å². The number of hydrogen-bond donors (Lipinski definition) is 3.